The van der Waals surface area contributed by atoms with Crippen LogP contribution in [0.1, 0.15) is 29.8 Å². The van der Waals surface area contributed by atoms with Crippen molar-refractivity contribution in [1.82, 2.24) is 9.55 Å². The second-order valence-electron chi connectivity index (χ2n) is 6.02. The summed E-state index contributed by atoms with van der Waals surface area (Å²) in [6, 6.07) is 6.70. The molecule has 1 aromatic heterocycles. The number of rotatable bonds is 6. The predicted octanol–water partition coefficient (Wildman–Crippen LogP) is 3.88. The molecule has 0 spiro atoms. The number of imidazole rings is 1. The van der Waals surface area contributed by atoms with Gasteiger partial charge in [0.15, 0.2) is 5.16 Å². The third-order valence-electron chi connectivity index (χ3n) is 4.35. The van der Waals surface area contributed by atoms with Gasteiger partial charge in [-0.25, -0.2) is 4.98 Å². The standard InChI is InChI=1S/C17H21N3O3S/c1-12-13(2)19(10-16-4-3-9-23-16)17(18-12)24-11-14-5-7-15(8-6-14)20(21)22/h5-8,16H,3-4,9-11H2,1-2H3/t16-/m1/s1. The lowest BCUT2D eigenvalue weighted by atomic mass is 10.2. The Bertz CT molecular complexity index is 721. The molecule has 7 heteroatoms. The number of benzene rings is 1. The van der Waals surface area contributed by atoms with E-state index in [1.54, 1.807) is 36.0 Å². The Hall–Kier alpha value is -1.86. The smallest absolute Gasteiger partial charge is 0.269 e. The molecular formula is C17H21N3O3S. The summed E-state index contributed by atoms with van der Waals surface area (Å²) in [6.45, 7) is 5.81. The summed E-state index contributed by atoms with van der Waals surface area (Å²) >= 11 is 1.66. The van der Waals surface area contributed by atoms with Crippen molar-refractivity contribution >= 4 is 17.4 Å². The van der Waals surface area contributed by atoms with Crippen LogP contribution in [-0.2, 0) is 17.0 Å². The number of ether oxygens (including phenoxy) is 1. The number of nitro benzene ring substituents is 1. The summed E-state index contributed by atoms with van der Waals surface area (Å²) in [5.74, 6) is 0.736. The normalized spacial score (nSPS) is 17.3. The Kier molecular flexibility index (Phi) is 5.20. The van der Waals surface area contributed by atoms with E-state index in [0.717, 1.165) is 48.2 Å². The first-order chi connectivity index (χ1) is 11.5. The van der Waals surface area contributed by atoms with E-state index in [0.29, 0.717) is 0 Å². The van der Waals surface area contributed by atoms with Crippen LogP contribution in [0.4, 0.5) is 5.69 Å². The molecule has 1 aliphatic rings. The first-order valence-corrected chi connectivity index (χ1v) is 9.04. The molecular weight excluding hydrogens is 326 g/mol. The molecule has 0 N–H and O–H groups in total. The van der Waals surface area contributed by atoms with Crippen molar-refractivity contribution in [3.05, 3.63) is 51.3 Å². The zero-order valence-corrected chi connectivity index (χ0v) is 14.7. The number of nitro groups is 1. The summed E-state index contributed by atoms with van der Waals surface area (Å²) in [4.78, 5) is 15.0. The number of aryl methyl sites for hydroxylation is 1. The maximum absolute atomic E-state index is 10.7. The van der Waals surface area contributed by atoms with Crippen LogP contribution in [0, 0.1) is 24.0 Å². The fraction of sp³-hybridized carbons (Fsp3) is 0.471. The van der Waals surface area contributed by atoms with Gasteiger partial charge in [0.2, 0.25) is 0 Å². The molecule has 2 aromatic rings. The lowest BCUT2D eigenvalue weighted by Gasteiger charge is -2.14. The van der Waals surface area contributed by atoms with E-state index in [9.17, 15) is 10.1 Å². The zero-order chi connectivity index (χ0) is 17.1. The molecule has 24 heavy (non-hydrogen) atoms. The SMILES string of the molecule is Cc1nc(SCc2ccc([N+](=O)[O-])cc2)n(C[C@H]2CCCO2)c1C. The molecule has 0 amide bonds. The molecule has 1 aliphatic heterocycles. The third kappa shape index (κ3) is 3.79. The van der Waals surface area contributed by atoms with E-state index in [1.165, 1.54) is 5.69 Å². The van der Waals surface area contributed by atoms with Gasteiger partial charge in [-0.15, -0.1) is 0 Å². The van der Waals surface area contributed by atoms with Gasteiger partial charge in [0, 0.05) is 30.2 Å². The molecule has 128 valence electrons. The fourth-order valence-corrected chi connectivity index (χ4v) is 3.86. The van der Waals surface area contributed by atoms with Crippen molar-refractivity contribution in [2.75, 3.05) is 6.61 Å². The maximum atomic E-state index is 10.7. The number of nitrogens with zero attached hydrogens (tertiary/aromatic N) is 3. The van der Waals surface area contributed by atoms with Crippen LogP contribution in [0.2, 0.25) is 0 Å². The second-order valence-corrected chi connectivity index (χ2v) is 6.97. The van der Waals surface area contributed by atoms with E-state index in [2.05, 4.69) is 16.5 Å². The average molecular weight is 347 g/mol. The molecule has 1 aromatic carbocycles. The Labute approximate surface area is 145 Å². The number of hydrogen-bond donors (Lipinski definition) is 0. The van der Waals surface area contributed by atoms with Gasteiger partial charge in [-0.3, -0.25) is 10.1 Å². The van der Waals surface area contributed by atoms with E-state index in [-0.39, 0.29) is 16.7 Å². The lowest BCUT2D eigenvalue weighted by molar-refractivity contribution is -0.384. The number of aromatic nitrogens is 2. The highest BCUT2D eigenvalue weighted by molar-refractivity contribution is 7.98. The molecule has 0 saturated carbocycles. The molecule has 0 radical (unpaired) electrons. The van der Waals surface area contributed by atoms with Crippen LogP contribution in [0.3, 0.4) is 0 Å². The first kappa shape index (κ1) is 17.0. The van der Waals surface area contributed by atoms with E-state index in [1.807, 2.05) is 6.92 Å². The van der Waals surface area contributed by atoms with E-state index < -0.39 is 0 Å². The Morgan fingerprint density at radius 3 is 2.75 bits per heavy atom. The quantitative estimate of drug-likeness (QED) is 0.450. The summed E-state index contributed by atoms with van der Waals surface area (Å²) in [5, 5.41) is 11.7. The lowest BCUT2D eigenvalue weighted by Crippen LogP contribution is -2.16. The van der Waals surface area contributed by atoms with Gasteiger partial charge < -0.3 is 9.30 Å². The van der Waals surface area contributed by atoms with Crippen LogP contribution in [-0.4, -0.2) is 27.2 Å². The molecule has 0 aliphatic carbocycles. The van der Waals surface area contributed by atoms with Gasteiger partial charge >= 0.3 is 0 Å². The summed E-state index contributed by atoms with van der Waals surface area (Å²) < 4.78 is 7.99. The minimum Gasteiger partial charge on any atom is -0.376 e. The summed E-state index contributed by atoms with van der Waals surface area (Å²) in [5.41, 5.74) is 3.39. The molecule has 1 atom stereocenters. The molecule has 0 bridgehead atoms. The summed E-state index contributed by atoms with van der Waals surface area (Å²) in [6.07, 6.45) is 2.50. The molecule has 1 fully saturated rings. The van der Waals surface area contributed by atoms with Crippen molar-refractivity contribution in [3.8, 4) is 0 Å². The molecule has 2 heterocycles. The minimum atomic E-state index is -0.377. The molecule has 3 rings (SSSR count). The van der Waals surface area contributed by atoms with Crippen molar-refractivity contribution in [1.29, 1.82) is 0 Å². The van der Waals surface area contributed by atoms with Crippen molar-refractivity contribution in [2.24, 2.45) is 0 Å². The summed E-state index contributed by atoms with van der Waals surface area (Å²) in [7, 11) is 0. The highest BCUT2D eigenvalue weighted by Crippen LogP contribution is 2.27. The minimum absolute atomic E-state index is 0.121. The van der Waals surface area contributed by atoms with Crippen molar-refractivity contribution < 1.29 is 9.66 Å². The zero-order valence-electron chi connectivity index (χ0n) is 13.9. The third-order valence-corrected chi connectivity index (χ3v) is 5.40. The fourth-order valence-electron chi connectivity index (χ4n) is 2.80. The van der Waals surface area contributed by atoms with Crippen molar-refractivity contribution in [2.45, 2.75) is 50.2 Å². The van der Waals surface area contributed by atoms with E-state index in [4.69, 9.17) is 4.74 Å². The Morgan fingerprint density at radius 2 is 2.12 bits per heavy atom. The average Bonchev–Trinajstić information content (AvgIpc) is 3.17. The van der Waals surface area contributed by atoms with Gasteiger partial charge in [0.1, 0.15) is 0 Å². The highest BCUT2D eigenvalue weighted by atomic mass is 32.2. The van der Waals surface area contributed by atoms with Gasteiger partial charge in [0.05, 0.1) is 23.3 Å². The molecule has 6 nitrogen and oxygen atoms in total. The van der Waals surface area contributed by atoms with E-state index >= 15 is 0 Å². The topological polar surface area (TPSA) is 70.2 Å². The second kappa shape index (κ2) is 7.36. The monoisotopic (exact) mass is 347 g/mol. The van der Waals surface area contributed by atoms with Crippen molar-refractivity contribution in [3.63, 3.8) is 0 Å². The van der Waals surface area contributed by atoms with Crippen LogP contribution >= 0.6 is 11.8 Å². The van der Waals surface area contributed by atoms with Gasteiger partial charge in [-0.1, -0.05) is 23.9 Å². The maximum Gasteiger partial charge on any atom is 0.269 e. The Balaban J connectivity index is 1.70. The molecule has 1 saturated heterocycles. The highest BCUT2D eigenvalue weighted by Gasteiger charge is 2.20. The van der Waals surface area contributed by atoms with Gasteiger partial charge in [0.25, 0.3) is 5.69 Å². The predicted molar refractivity (Wildman–Crippen MR) is 93.3 cm³/mol. The van der Waals surface area contributed by atoms with Gasteiger partial charge in [-0.2, -0.15) is 0 Å². The number of non-ortho nitro benzene ring substituents is 1. The number of hydrogen-bond acceptors (Lipinski definition) is 5. The van der Waals surface area contributed by atoms with Gasteiger partial charge in [-0.05, 0) is 32.3 Å². The van der Waals surface area contributed by atoms with Crippen LogP contribution < -0.4 is 0 Å². The van der Waals surface area contributed by atoms with Crippen LogP contribution in [0.15, 0.2) is 29.4 Å². The number of thioether (sulfide) groups is 1. The Morgan fingerprint density at radius 1 is 1.38 bits per heavy atom. The largest absolute Gasteiger partial charge is 0.376 e. The first-order valence-electron chi connectivity index (χ1n) is 8.06. The van der Waals surface area contributed by atoms with Crippen LogP contribution in [0.25, 0.3) is 0 Å². The molecule has 0 unspecified atom stereocenters. The van der Waals surface area contributed by atoms with Crippen LogP contribution in [0.5, 0.6) is 0 Å².